The van der Waals surface area contributed by atoms with Gasteiger partial charge in [0.25, 0.3) is 5.91 Å². The summed E-state index contributed by atoms with van der Waals surface area (Å²) in [6.45, 7) is 2.86. The number of hydrogen-bond acceptors (Lipinski definition) is 3. The SMILES string of the molecule is CCCC1(CNC(=O)c2ccc(C(=O)O)nc2)CCC1. The fraction of sp³-hybridized carbons (Fsp3) is 0.533. The van der Waals surface area contributed by atoms with Crippen molar-refractivity contribution in [2.45, 2.75) is 39.0 Å². The van der Waals surface area contributed by atoms with E-state index in [1.165, 1.54) is 37.6 Å². The van der Waals surface area contributed by atoms with E-state index in [2.05, 4.69) is 17.2 Å². The van der Waals surface area contributed by atoms with E-state index in [4.69, 9.17) is 5.11 Å². The number of amides is 1. The lowest BCUT2D eigenvalue weighted by molar-refractivity contribution is 0.0689. The van der Waals surface area contributed by atoms with Gasteiger partial charge in [-0.25, -0.2) is 9.78 Å². The van der Waals surface area contributed by atoms with E-state index < -0.39 is 5.97 Å². The van der Waals surface area contributed by atoms with Crippen LogP contribution in [0, 0.1) is 5.41 Å². The maximum Gasteiger partial charge on any atom is 0.354 e. The van der Waals surface area contributed by atoms with Crippen LogP contribution in [-0.4, -0.2) is 28.5 Å². The molecule has 2 N–H and O–H groups in total. The van der Waals surface area contributed by atoms with Crippen LogP contribution < -0.4 is 5.32 Å². The number of nitrogens with one attached hydrogen (secondary N) is 1. The Bertz CT molecular complexity index is 492. The molecule has 5 heteroatoms. The summed E-state index contributed by atoms with van der Waals surface area (Å²) in [5, 5.41) is 11.7. The van der Waals surface area contributed by atoms with Crippen LogP contribution in [0.2, 0.25) is 0 Å². The van der Waals surface area contributed by atoms with Gasteiger partial charge in [0.2, 0.25) is 0 Å². The molecule has 1 fully saturated rings. The van der Waals surface area contributed by atoms with Gasteiger partial charge in [-0.3, -0.25) is 4.79 Å². The summed E-state index contributed by atoms with van der Waals surface area (Å²) in [5.41, 5.74) is 0.628. The number of pyridine rings is 1. The molecule has 108 valence electrons. The molecule has 0 unspecified atom stereocenters. The standard InChI is InChI=1S/C15H20N2O3/c1-2-6-15(7-3-8-15)10-17-13(18)11-4-5-12(14(19)20)16-9-11/h4-5,9H,2-3,6-8,10H2,1H3,(H,17,18)(H,19,20). The molecule has 5 nitrogen and oxygen atoms in total. The summed E-state index contributed by atoms with van der Waals surface area (Å²) < 4.78 is 0. The molecule has 0 aromatic carbocycles. The fourth-order valence-corrected chi connectivity index (χ4v) is 2.75. The number of aromatic carboxylic acids is 1. The Balaban J connectivity index is 1.93. The molecule has 1 aromatic heterocycles. The van der Waals surface area contributed by atoms with Crippen molar-refractivity contribution in [1.82, 2.24) is 10.3 Å². The third-order valence-corrected chi connectivity index (χ3v) is 4.06. The van der Waals surface area contributed by atoms with Gasteiger partial charge in [0, 0.05) is 12.7 Å². The average molecular weight is 276 g/mol. The molecule has 0 spiro atoms. The number of carboxylic acid groups (broad SMARTS) is 1. The predicted octanol–water partition coefficient (Wildman–Crippen LogP) is 2.48. The van der Waals surface area contributed by atoms with Crippen LogP contribution in [0.4, 0.5) is 0 Å². The molecular formula is C15H20N2O3. The van der Waals surface area contributed by atoms with Gasteiger partial charge >= 0.3 is 5.97 Å². The topological polar surface area (TPSA) is 79.3 Å². The van der Waals surface area contributed by atoms with Gasteiger partial charge in [-0.15, -0.1) is 0 Å². The highest BCUT2D eigenvalue weighted by Crippen LogP contribution is 2.44. The van der Waals surface area contributed by atoms with Gasteiger partial charge in [-0.05, 0) is 36.8 Å². The Labute approximate surface area is 118 Å². The highest BCUT2D eigenvalue weighted by atomic mass is 16.4. The van der Waals surface area contributed by atoms with Crippen LogP contribution >= 0.6 is 0 Å². The number of hydrogen-bond donors (Lipinski definition) is 2. The van der Waals surface area contributed by atoms with Crippen molar-refractivity contribution >= 4 is 11.9 Å². The summed E-state index contributed by atoms with van der Waals surface area (Å²) in [6, 6.07) is 2.85. The van der Waals surface area contributed by atoms with Crippen molar-refractivity contribution in [2.24, 2.45) is 5.41 Å². The minimum absolute atomic E-state index is 0.0528. The first-order valence-corrected chi connectivity index (χ1v) is 7.04. The molecule has 0 radical (unpaired) electrons. The van der Waals surface area contributed by atoms with Crippen LogP contribution in [0.1, 0.15) is 59.9 Å². The summed E-state index contributed by atoms with van der Waals surface area (Å²) in [6.07, 6.45) is 7.18. The third kappa shape index (κ3) is 3.15. The third-order valence-electron chi connectivity index (χ3n) is 4.06. The lowest BCUT2D eigenvalue weighted by Crippen LogP contribution is -2.42. The van der Waals surface area contributed by atoms with Crippen LogP contribution in [0.5, 0.6) is 0 Å². The van der Waals surface area contributed by atoms with Gasteiger partial charge < -0.3 is 10.4 Å². The van der Waals surface area contributed by atoms with Crippen molar-refractivity contribution in [1.29, 1.82) is 0 Å². The number of aromatic nitrogens is 1. The zero-order valence-electron chi connectivity index (χ0n) is 11.7. The summed E-state index contributed by atoms with van der Waals surface area (Å²) in [4.78, 5) is 26.5. The molecule has 1 heterocycles. The summed E-state index contributed by atoms with van der Waals surface area (Å²) >= 11 is 0. The predicted molar refractivity (Wildman–Crippen MR) is 74.7 cm³/mol. The largest absolute Gasteiger partial charge is 0.477 e. The molecule has 1 amide bonds. The van der Waals surface area contributed by atoms with E-state index in [0.717, 1.165) is 12.8 Å². The lowest BCUT2D eigenvalue weighted by Gasteiger charge is -2.42. The molecule has 20 heavy (non-hydrogen) atoms. The van der Waals surface area contributed by atoms with E-state index in [0.29, 0.717) is 12.1 Å². The molecule has 1 aromatic rings. The van der Waals surface area contributed by atoms with E-state index >= 15 is 0 Å². The number of carbonyl (C=O) groups is 2. The van der Waals surface area contributed by atoms with Crippen molar-refractivity contribution in [2.75, 3.05) is 6.54 Å². The van der Waals surface area contributed by atoms with Gasteiger partial charge in [-0.2, -0.15) is 0 Å². The highest BCUT2D eigenvalue weighted by Gasteiger charge is 2.36. The Morgan fingerprint density at radius 3 is 2.60 bits per heavy atom. The minimum atomic E-state index is -1.09. The van der Waals surface area contributed by atoms with Crippen molar-refractivity contribution < 1.29 is 14.7 Å². The van der Waals surface area contributed by atoms with Crippen molar-refractivity contribution in [3.8, 4) is 0 Å². The monoisotopic (exact) mass is 276 g/mol. The molecule has 0 aliphatic heterocycles. The number of rotatable bonds is 6. The van der Waals surface area contributed by atoms with Crippen LogP contribution in [0.15, 0.2) is 18.3 Å². The Morgan fingerprint density at radius 1 is 1.40 bits per heavy atom. The zero-order chi connectivity index (χ0) is 14.6. The first-order valence-electron chi connectivity index (χ1n) is 7.04. The molecule has 1 aliphatic carbocycles. The first-order chi connectivity index (χ1) is 9.56. The van der Waals surface area contributed by atoms with Crippen molar-refractivity contribution in [3.05, 3.63) is 29.6 Å². The molecule has 0 bridgehead atoms. The smallest absolute Gasteiger partial charge is 0.354 e. The van der Waals surface area contributed by atoms with E-state index in [1.54, 1.807) is 0 Å². The number of carboxylic acids is 1. The number of carbonyl (C=O) groups excluding carboxylic acids is 1. The zero-order valence-corrected chi connectivity index (χ0v) is 11.7. The van der Waals surface area contributed by atoms with Crippen molar-refractivity contribution in [3.63, 3.8) is 0 Å². The maximum atomic E-state index is 12.0. The first kappa shape index (κ1) is 14.5. The lowest BCUT2D eigenvalue weighted by atomic mass is 9.66. The molecule has 0 atom stereocenters. The summed E-state index contributed by atoms with van der Waals surface area (Å²) in [5.74, 6) is -1.27. The highest BCUT2D eigenvalue weighted by molar-refractivity contribution is 5.94. The number of nitrogens with zero attached hydrogens (tertiary/aromatic N) is 1. The van der Waals surface area contributed by atoms with Gasteiger partial charge in [0.1, 0.15) is 5.69 Å². The summed E-state index contributed by atoms with van der Waals surface area (Å²) in [7, 11) is 0. The Morgan fingerprint density at radius 2 is 2.15 bits per heavy atom. The molecule has 1 aliphatic rings. The second-order valence-electron chi connectivity index (χ2n) is 5.52. The van der Waals surface area contributed by atoms with Gasteiger partial charge in [0.15, 0.2) is 0 Å². The maximum absolute atomic E-state index is 12.0. The van der Waals surface area contributed by atoms with E-state index in [1.807, 2.05) is 0 Å². The second kappa shape index (κ2) is 6.03. The fourth-order valence-electron chi connectivity index (χ4n) is 2.75. The normalized spacial score (nSPS) is 16.2. The molecular weight excluding hydrogens is 256 g/mol. The quantitative estimate of drug-likeness (QED) is 0.836. The van der Waals surface area contributed by atoms with E-state index in [9.17, 15) is 9.59 Å². The van der Waals surface area contributed by atoms with Crippen LogP contribution in [0.3, 0.4) is 0 Å². The Kier molecular flexibility index (Phi) is 4.37. The molecule has 2 rings (SSSR count). The van der Waals surface area contributed by atoms with Crippen LogP contribution in [-0.2, 0) is 0 Å². The van der Waals surface area contributed by atoms with Gasteiger partial charge in [0.05, 0.1) is 5.56 Å². The molecule has 1 saturated carbocycles. The second-order valence-corrected chi connectivity index (χ2v) is 5.52. The molecule has 0 saturated heterocycles. The minimum Gasteiger partial charge on any atom is -0.477 e. The van der Waals surface area contributed by atoms with Crippen LogP contribution in [0.25, 0.3) is 0 Å². The Hall–Kier alpha value is -1.91. The van der Waals surface area contributed by atoms with Gasteiger partial charge in [-0.1, -0.05) is 19.8 Å². The average Bonchev–Trinajstić information content (AvgIpc) is 2.41. The van der Waals surface area contributed by atoms with E-state index in [-0.39, 0.29) is 17.0 Å².